The SMILES string of the molecule is Cc1ccc(Sc2ccc(/C=C3\SC(=S)N(c4ccc(Br)cc4)C3=O)cc2)cc1. The molecule has 1 fully saturated rings. The van der Waals surface area contributed by atoms with Crippen LogP contribution >= 0.6 is 51.7 Å². The van der Waals surface area contributed by atoms with Crippen LogP contribution in [0.15, 0.2) is 92.0 Å². The fraction of sp³-hybridized carbons (Fsp3) is 0.0435. The van der Waals surface area contributed by atoms with Crippen LogP contribution in [0.4, 0.5) is 5.69 Å². The topological polar surface area (TPSA) is 20.3 Å². The average molecular weight is 498 g/mol. The number of carbonyl (C=O) groups is 1. The minimum atomic E-state index is -0.0829. The number of rotatable bonds is 4. The number of benzene rings is 3. The van der Waals surface area contributed by atoms with Crippen molar-refractivity contribution < 1.29 is 4.79 Å². The molecule has 0 aliphatic carbocycles. The second-order valence-electron chi connectivity index (χ2n) is 6.48. The van der Waals surface area contributed by atoms with Gasteiger partial charge < -0.3 is 0 Å². The zero-order valence-electron chi connectivity index (χ0n) is 15.5. The predicted octanol–water partition coefficient (Wildman–Crippen LogP) is 7.31. The van der Waals surface area contributed by atoms with Crippen LogP contribution in [0.25, 0.3) is 6.08 Å². The van der Waals surface area contributed by atoms with E-state index in [1.54, 1.807) is 16.7 Å². The largest absolute Gasteiger partial charge is 0.270 e. The van der Waals surface area contributed by atoms with Gasteiger partial charge in [0.2, 0.25) is 0 Å². The van der Waals surface area contributed by atoms with E-state index < -0.39 is 0 Å². The van der Waals surface area contributed by atoms with Gasteiger partial charge in [-0.25, -0.2) is 0 Å². The molecule has 6 heteroatoms. The first-order chi connectivity index (χ1) is 14.0. The molecule has 0 N–H and O–H groups in total. The molecule has 29 heavy (non-hydrogen) atoms. The fourth-order valence-corrected chi connectivity index (χ4v) is 5.19. The van der Waals surface area contributed by atoms with Gasteiger partial charge in [-0.05, 0) is 67.1 Å². The molecule has 3 aromatic carbocycles. The molecule has 1 heterocycles. The number of anilines is 1. The standard InChI is InChI=1S/C23H16BrNOS3/c1-15-2-10-19(11-3-15)28-20-12-4-16(5-13-20)14-21-22(26)25(23(27)29-21)18-8-6-17(24)7-9-18/h2-14H,1H3/b21-14-. The Morgan fingerprint density at radius 1 is 0.931 bits per heavy atom. The van der Waals surface area contributed by atoms with Gasteiger partial charge in [0.15, 0.2) is 4.32 Å². The molecule has 0 aromatic heterocycles. The van der Waals surface area contributed by atoms with Crippen LogP contribution < -0.4 is 4.90 Å². The third-order valence-electron chi connectivity index (χ3n) is 4.31. The minimum Gasteiger partial charge on any atom is -0.268 e. The summed E-state index contributed by atoms with van der Waals surface area (Å²) in [6.45, 7) is 2.09. The monoisotopic (exact) mass is 497 g/mol. The third kappa shape index (κ3) is 4.83. The van der Waals surface area contributed by atoms with Gasteiger partial charge in [0, 0.05) is 14.3 Å². The highest BCUT2D eigenvalue weighted by atomic mass is 79.9. The first-order valence-electron chi connectivity index (χ1n) is 8.88. The summed E-state index contributed by atoms with van der Waals surface area (Å²) in [6.07, 6.45) is 1.90. The van der Waals surface area contributed by atoms with Gasteiger partial charge in [0.25, 0.3) is 5.91 Å². The second kappa shape index (κ2) is 8.88. The van der Waals surface area contributed by atoms with E-state index in [2.05, 4.69) is 59.3 Å². The van der Waals surface area contributed by atoms with E-state index in [9.17, 15) is 4.79 Å². The van der Waals surface area contributed by atoms with Crippen LogP contribution in [0.2, 0.25) is 0 Å². The molecular weight excluding hydrogens is 482 g/mol. The Morgan fingerprint density at radius 3 is 2.14 bits per heavy atom. The van der Waals surface area contributed by atoms with Crippen LogP contribution in [0.1, 0.15) is 11.1 Å². The van der Waals surface area contributed by atoms with Gasteiger partial charge in [0.05, 0.1) is 10.6 Å². The molecule has 2 nitrogen and oxygen atoms in total. The molecule has 1 aliphatic heterocycles. The molecule has 1 aliphatic rings. The molecule has 144 valence electrons. The number of hydrogen-bond donors (Lipinski definition) is 0. The fourth-order valence-electron chi connectivity index (χ4n) is 2.81. The number of thiocarbonyl (C=S) groups is 1. The highest BCUT2D eigenvalue weighted by molar-refractivity contribution is 9.10. The van der Waals surface area contributed by atoms with Gasteiger partial charge >= 0.3 is 0 Å². The summed E-state index contributed by atoms with van der Waals surface area (Å²) in [6, 6.07) is 24.3. The lowest BCUT2D eigenvalue weighted by Crippen LogP contribution is -2.27. The van der Waals surface area contributed by atoms with E-state index in [-0.39, 0.29) is 5.91 Å². The minimum absolute atomic E-state index is 0.0829. The number of aryl methyl sites for hydroxylation is 1. The molecule has 0 unspecified atom stereocenters. The lowest BCUT2D eigenvalue weighted by atomic mass is 10.2. The van der Waals surface area contributed by atoms with Crippen molar-refractivity contribution in [2.24, 2.45) is 0 Å². The smallest absolute Gasteiger partial charge is 0.268 e. The van der Waals surface area contributed by atoms with E-state index in [1.807, 2.05) is 42.5 Å². The molecule has 0 bridgehead atoms. The van der Waals surface area contributed by atoms with Crippen molar-refractivity contribution in [3.8, 4) is 0 Å². The second-order valence-corrected chi connectivity index (χ2v) is 10.2. The molecule has 1 saturated heterocycles. The van der Waals surface area contributed by atoms with Crippen LogP contribution in [-0.2, 0) is 4.79 Å². The lowest BCUT2D eigenvalue weighted by molar-refractivity contribution is -0.113. The maximum Gasteiger partial charge on any atom is 0.270 e. The normalized spacial score (nSPS) is 15.4. The molecule has 0 spiro atoms. The summed E-state index contributed by atoms with van der Waals surface area (Å²) in [5.41, 5.74) is 3.02. The summed E-state index contributed by atoms with van der Waals surface area (Å²) in [7, 11) is 0. The number of amides is 1. The van der Waals surface area contributed by atoms with E-state index in [0.29, 0.717) is 9.23 Å². The van der Waals surface area contributed by atoms with Crippen LogP contribution in [0.5, 0.6) is 0 Å². The number of nitrogens with zero attached hydrogens (tertiary/aromatic N) is 1. The number of hydrogen-bond acceptors (Lipinski definition) is 4. The van der Waals surface area contributed by atoms with Gasteiger partial charge in [0.1, 0.15) is 0 Å². The Hall–Kier alpha value is -1.86. The van der Waals surface area contributed by atoms with Crippen molar-refractivity contribution in [2.45, 2.75) is 16.7 Å². The van der Waals surface area contributed by atoms with Gasteiger partial charge in [-0.1, -0.05) is 81.5 Å². The van der Waals surface area contributed by atoms with Crippen molar-refractivity contribution in [1.29, 1.82) is 0 Å². The van der Waals surface area contributed by atoms with Gasteiger partial charge in [-0.15, -0.1) is 0 Å². The summed E-state index contributed by atoms with van der Waals surface area (Å²) in [4.78, 5) is 17.5. The number of carbonyl (C=O) groups excluding carboxylic acids is 1. The molecular formula is C23H16BrNOS3. The Labute approximate surface area is 192 Å². The molecule has 0 radical (unpaired) electrons. The van der Waals surface area contributed by atoms with Crippen molar-refractivity contribution in [3.05, 3.63) is 93.3 Å². The predicted molar refractivity (Wildman–Crippen MR) is 132 cm³/mol. The summed E-state index contributed by atoms with van der Waals surface area (Å²) < 4.78 is 1.51. The first kappa shape index (κ1) is 20.4. The Bertz CT molecular complexity index is 1090. The summed E-state index contributed by atoms with van der Waals surface area (Å²) >= 11 is 11.9. The van der Waals surface area contributed by atoms with E-state index in [0.717, 1.165) is 20.6 Å². The average Bonchev–Trinajstić information content (AvgIpc) is 2.99. The van der Waals surface area contributed by atoms with Crippen LogP contribution in [-0.4, -0.2) is 10.2 Å². The van der Waals surface area contributed by atoms with Crippen molar-refractivity contribution in [1.82, 2.24) is 0 Å². The highest BCUT2D eigenvalue weighted by Gasteiger charge is 2.33. The Balaban J connectivity index is 1.50. The highest BCUT2D eigenvalue weighted by Crippen LogP contribution is 2.36. The van der Waals surface area contributed by atoms with Gasteiger partial charge in [-0.2, -0.15) is 0 Å². The van der Waals surface area contributed by atoms with Crippen LogP contribution in [0, 0.1) is 6.92 Å². The molecule has 3 aromatic rings. The van der Waals surface area contributed by atoms with Crippen molar-refractivity contribution in [3.63, 3.8) is 0 Å². The number of thioether (sulfide) groups is 1. The van der Waals surface area contributed by atoms with Crippen molar-refractivity contribution in [2.75, 3.05) is 4.90 Å². The lowest BCUT2D eigenvalue weighted by Gasteiger charge is -2.14. The van der Waals surface area contributed by atoms with Crippen LogP contribution in [0.3, 0.4) is 0 Å². The van der Waals surface area contributed by atoms with E-state index in [1.165, 1.54) is 22.2 Å². The Morgan fingerprint density at radius 2 is 1.52 bits per heavy atom. The van der Waals surface area contributed by atoms with Crippen molar-refractivity contribution >= 4 is 73.7 Å². The zero-order valence-corrected chi connectivity index (χ0v) is 19.5. The number of halogens is 1. The molecule has 4 rings (SSSR count). The molecule has 0 saturated carbocycles. The van der Waals surface area contributed by atoms with Gasteiger partial charge in [-0.3, -0.25) is 9.69 Å². The maximum atomic E-state index is 12.9. The van der Waals surface area contributed by atoms with E-state index in [4.69, 9.17) is 12.2 Å². The van der Waals surface area contributed by atoms with E-state index >= 15 is 0 Å². The zero-order chi connectivity index (χ0) is 20.4. The third-order valence-corrected chi connectivity index (χ3v) is 7.16. The Kier molecular flexibility index (Phi) is 6.25. The first-order valence-corrected chi connectivity index (χ1v) is 11.7. The maximum absolute atomic E-state index is 12.9. The quantitative estimate of drug-likeness (QED) is 0.277. The molecule has 1 amide bonds. The summed E-state index contributed by atoms with van der Waals surface area (Å²) in [5, 5.41) is 0. The summed E-state index contributed by atoms with van der Waals surface area (Å²) in [5.74, 6) is -0.0829. The molecule has 0 atom stereocenters.